The Morgan fingerprint density at radius 2 is 1.80 bits per heavy atom. The smallest absolute Gasteiger partial charge is 0.108 e. The van der Waals surface area contributed by atoms with Gasteiger partial charge in [-0.3, -0.25) is 0 Å². The summed E-state index contributed by atoms with van der Waals surface area (Å²) in [4.78, 5) is 0. The SMILES string of the molecule is CC(C)(C)CNCC1CCC(C)(F)CC1. The van der Waals surface area contributed by atoms with Crippen LogP contribution in [0.5, 0.6) is 0 Å². The standard InChI is InChI=1S/C13H26FN/c1-12(2,3)10-15-9-11-5-7-13(4,14)8-6-11/h11,15H,5-10H2,1-4H3. The van der Waals surface area contributed by atoms with Gasteiger partial charge in [0.25, 0.3) is 0 Å². The number of alkyl halides is 1. The number of rotatable bonds is 3. The van der Waals surface area contributed by atoms with E-state index < -0.39 is 5.67 Å². The molecule has 0 unspecified atom stereocenters. The zero-order valence-electron chi connectivity index (χ0n) is 10.7. The van der Waals surface area contributed by atoms with Crippen molar-refractivity contribution in [3.05, 3.63) is 0 Å². The Morgan fingerprint density at radius 1 is 1.27 bits per heavy atom. The van der Waals surface area contributed by atoms with Crippen LogP contribution in [0.15, 0.2) is 0 Å². The number of hydrogen-bond donors (Lipinski definition) is 1. The summed E-state index contributed by atoms with van der Waals surface area (Å²) in [7, 11) is 0. The maximum absolute atomic E-state index is 13.5. The van der Waals surface area contributed by atoms with E-state index in [1.165, 1.54) is 0 Å². The van der Waals surface area contributed by atoms with Crippen molar-refractivity contribution < 1.29 is 4.39 Å². The van der Waals surface area contributed by atoms with E-state index >= 15 is 0 Å². The van der Waals surface area contributed by atoms with Crippen molar-refractivity contribution in [1.29, 1.82) is 0 Å². The summed E-state index contributed by atoms with van der Waals surface area (Å²) >= 11 is 0. The van der Waals surface area contributed by atoms with Crippen molar-refractivity contribution in [3.8, 4) is 0 Å². The minimum absolute atomic E-state index is 0.350. The summed E-state index contributed by atoms with van der Waals surface area (Å²) in [5.74, 6) is 0.691. The minimum Gasteiger partial charge on any atom is -0.316 e. The van der Waals surface area contributed by atoms with E-state index in [1.54, 1.807) is 6.92 Å². The lowest BCUT2D eigenvalue weighted by atomic mass is 9.81. The molecule has 1 rings (SSSR count). The van der Waals surface area contributed by atoms with Gasteiger partial charge in [-0.1, -0.05) is 20.8 Å². The van der Waals surface area contributed by atoms with Gasteiger partial charge in [0, 0.05) is 0 Å². The molecule has 15 heavy (non-hydrogen) atoms. The van der Waals surface area contributed by atoms with Crippen LogP contribution < -0.4 is 5.32 Å². The predicted octanol–water partition coefficient (Wildman–Crippen LogP) is 3.54. The molecule has 90 valence electrons. The molecule has 1 saturated carbocycles. The molecule has 1 aliphatic carbocycles. The third-order valence-corrected chi connectivity index (χ3v) is 3.24. The maximum atomic E-state index is 13.5. The van der Waals surface area contributed by atoms with Crippen molar-refractivity contribution in [2.45, 2.75) is 59.0 Å². The molecule has 0 radical (unpaired) electrons. The molecule has 0 spiro atoms. The highest BCUT2D eigenvalue weighted by Crippen LogP contribution is 2.34. The molecule has 2 heteroatoms. The normalized spacial score (nSPS) is 33.0. The van der Waals surface area contributed by atoms with Gasteiger partial charge in [-0.25, -0.2) is 4.39 Å². The zero-order valence-corrected chi connectivity index (χ0v) is 10.7. The van der Waals surface area contributed by atoms with Gasteiger partial charge >= 0.3 is 0 Å². The van der Waals surface area contributed by atoms with E-state index in [9.17, 15) is 4.39 Å². The lowest BCUT2D eigenvalue weighted by Crippen LogP contribution is -2.35. The van der Waals surface area contributed by atoms with Crippen LogP contribution in [-0.4, -0.2) is 18.8 Å². The Morgan fingerprint density at radius 3 is 2.27 bits per heavy atom. The van der Waals surface area contributed by atoms with Crippen LogP contribution in [0.4, 0.5) is 4.39 Å². The van der Waals surface area contributed by atoms with Crippen molar-refractivity contribution in [1.82, 2.24) is 5.32 Å². The first-order chi connectivity index (χ1) is 6.79. The summed E-state index contributed by atoms with van der Waals surface area (Å²) in [5.41, 5.74) is -0.538. The molecule has 1 fully saturated rings. The van der Waals surface area contributed by atoms with Crippen molar-refractivity contribution in [2.24, 2.45) is 11.3 Å². The fourth-order valence-corrected chi connectivity index (χ4v) is 2.13. The Hall–Kier alpha value is -0.110. The van der Waals surface area contributed by atoms with Gasteiger partial charge in [0.1, 0.15) is 5.67 Å². The average molecular weight is 215 g/mol. The van der Waals surface area contributed by atoms with Crippen LogP contribution in [-0.2, 0) is 0 Å². The molecule has 0 saturated heterocycles. The molecule has 0 aliphatic heterocycles. The van der Waals surface area contributed by atoms with E-state index in [-0.39, 0.29) is 0 Å². The fraction of sp³-hybridized carbons (Fsp3) is 1.00. The second kappa shape index (κ2) is 4.82. The number of halogens is 1. The van der Waals surface area contributed by atoms with E-state index in [2.05, 4.69) is 26.1 Å². The van der Waals surface area contributed by atoms with Gasteiger partial charge in [-0.05, 0) is 57.0 Å². The Balaban J connectivity index is 2.14. The lowest BCUT2D eigenvalue weighted by Gasteiger charge is -2.31. The second-order valence-corrected chi connectivity index (χ2v) is 6.55. The first-order valence-corrected chi connectivity index (χ1v) is 6.18. The molecular weight excluding hydrogens is 189 g/mol. The van der Waals surface area contributed by atoms with Crippen LogP contribution >= 0.6 is 0 Å². The maximum Gasteiger partial charge on any atom is 0.108 e. The second-order valence-electron chi connectivity index (χ2n) is 6.55. The van der Waals surface area contributed by atoms with Gasteiger partial charge in [0.15, 0.2) is 0 Å². The van der Waals surface area contributed by atoms with Crippen molar-refractivity contribution >= 4 is 0 Å². The van der Waals surface area contributed by atoms with Crippen LogP contribution in [0.1, 0.15) is 53.4 Å². The predicted molar refractivity (Wildman–Crippen MR) is 63.8 cm³/mol. The molecule has 1 nitrogen and oxygen atoms in total. The van der Waals surface area contributed by atoms with Crippen LogP contribution in [0, 0.1) is 11.3 Å². The molecular formula is C13H26FN. The van der Waals surface area contributed by atoms with E-state index in [4.69, 9.17) is 0 Å². The van der Waals surface area contributed by atoms with Crippen LogP contribution in [0.25, 0.3) is 0 Å². The molecule has 0 bridgehead atoms. The van der Waals surface area contributed by atoms with E-state index in [0.717, 1.165) is 38.8 Å². The van der Waals surface area contributed by atoms with E-state index in [1.807, 2.05) is 0 Å². The summed E-state index contributed by atoms with van der Waals surface area (Å²) < 4.78 is 13.5. The van der Waals surface area contributed by atoms with Gasteiger partial charge < -0.3 is 5.32 Å². The minimum atomic E-state index is -0.888. The summed E-state index contributed by atoms with van der Waals surface area (Å²) in [6, 6.07) is 0. The average Bonchev–Trinajstić information content (AvgIpc) is 2.06. The number of nitrogens with one attached hydrogen (secondary N) is 1. The quantitative estimate of drug-likeness (QED) is 0.759. The summed E-state index contributed by atoms with van der Waals surface area (Å²) in [6.07, 6.45) is 3.58. The molecule has 0 aromatic heterocycles. The third-order valence-electron chi connectivity index (χ3n) is 3.24. The molecule has 0 aromatic carbocycles. The van der Waals surface area contributed by atoms with Crippen LogP contribution in [0.3, 0.4) is 0 Å². The molecule has 0 amide bonds. The summed E-state index contributed by atoms with van der Waals surface area (Å²) in [5, 5.41) is 3.50. The molecule has 0 aromatic rings. The monoisotopic (exact) mass is 215 g/mol. The molecule has 1 aliphatic rings. The van der Waals surface area contributed by atoms with E-state index in [0.29, 0.717) is 11.3 Å². The lowest BCUT2D eigenvalue weighted by molar-refractivity contribution is 0.102. The fourth-order valence-electron chi connectivity index (χ4n) is 2.13. The highest BCUT2D eigenvalue weighted by Gasteiger charge is 2.30. The highest BCUT2D eigenvalue weighted by molar-refractivity contribution is 4.82. The Bertz CT molecular complexity index is 183. The topological polar surface area (TPSA) is 12.0 Å². The first-order valence-electron chi connectivity index (χ1n) is 6.18. The van der Waals surface area contributed by atoms with Gasteiger partial charge in [0.2, 0.25) is 0 Å². The van der Waals surface area contributed by atoms with Gasteiger partial charge in [-0.15, -0.1) is 0 Å². The molecule has 1 N–H and O–H groups in total. The Labute approximate surface area is 93.8 Å². The zero-order chi connectivity index (χ0) is 11.5. The highest BCUT2D eigenvalue weighted by atomic mass is 19.1. The first kappa shape index (κ1) is 13.0. The van der Waals surface area contributed by atoms with Gasteiger partial charge in [0.05, 0.1) is 0 Å². The van der Waals surface area contributed by atoms with Crippen molar-refractivity contribution in [3.63, 3.8) is 0 Å². The summed E-state index contributed by atoms with van der Waals surface area (Å²) in [6.45, 7) is 10.6. The van der Waals surface area contributed by atoms with Gasteiger partial charge in [-0.2, -0.15) is 0 Å². The largest absolute Gasteiger partial charge is 0.316 e. The molecule has 0 heterocycles. The molecule has 0 atom stereocenters. The number of hydrogen-bond acceptors (Lipinski definition) is 1. The third kappa shape index (κ3) is 5.50. The Kier molecular flexibility index (Phi) is 4.16. The van der Waals surface area contributed by atoms with Crippen LogP contribution in [0.2, 0.25) is 0 Å². The van der Waals surface area contributed by atoms with Crippen molar-refractivity contribution in [2.75, 3.05) is 13.1 Å².